The SMILES string of the molecule is COC1=CC(=O)C=CC1C(=O)Oc1c(C)c(O)c(C(=O)Oc2cc(C)c(C(=O)Oc3c(C)c(C)c(C(=O)O)c(C)c3C)c(C)c2C)c(C)c1Cl. The third-order valence-corrected chi connectivity index (χ3v) is 9.65. The summed E-state index contributed by atoms with van der Waals surface area (Å²) in [6.45, 7) is 14.6. The number of aromatic carboxylic acids is 1. The van der Waals surface area contributed by atoms with Gasteiger partial charge in [0.25, 0.3) is 0 Å². The van der Waals surface area contributed by atoms with Crippen LogP contribution in [0.2, 0.25) is 5.02 Å². The molecule has 0 heterocycles. The van der Waals surface area contributed by atoms with Crippen molar-refractivity contribution in [3.63, 3.8) is 0 Å². The van der Waals surface area contributed by atoms with Crippen molar-refractivity contribution in [1.82, 2.24) is 0 Å². The molecule has 0 aliphatic heterocycles. The first kappa shape index (κ1) is 37.4. The monoisotopic (exact) mass is 704 g/mol. The maximum absolute atomic E-state index is 13.6. The van der Waals surface area contributed by atoms with E-state index in [-0.39, 0.29) is 61.6 Å². The Labute approximate surface area is 294 Å². The Bertz CT molecular complexity index is 2030. The molecule has 0 radical (unpaired) electrons. The number of hydrogen-bond acceptors (Lipinski definition) is 10. The number of carbonyl (C=O) groups excluding carboxylic acids is 4. The van der Waals surface area contributed by atoms with E-state index in [9.17, 15) is 34.2 Å². The van der Waals surface area contributed by atoms with Gasteiger partial charge in [-0.2, -0.15) is 0 Å². The molecular weight excluding hydrogens is 668 g/mol. The van der Waals surface area contributed by atoms with Gasteiger partial charge in [-0.1, -0.05) is 17.7 Å². The number of ketones is 1. The molecule has 12 heteroatoms. The van der Waals surface area contributed by atoms with Crippen LogP contribution in [0.25, 0.3) is 0 Å². The van der Waals surface area contributed by atoms with Gasteiger partial charge in [0.15, 0.2) is 11.5 Å². The largest absolute Gasteiger partial charge is 0.507 e. The summed E-state index contributed by atoms with van der Waals surface area (Å²) in [5, 5.41) is 20.7. The number of phenolic OH excluding ortho intramolecular Hbond substituents is 1. The number of rotatable bonds is 8. The Kier molecular flexibility index (Phi) is 10.6. The van der Waals surface area contributed by atoms with Gasteiger partial charge in [-0.15, -0.1) is 0 Å². The van der Waals surface area contributed by atoms with Crippen LogP contribution in [0.4, 0.5) is 0 Å². The fourth-order valence-electron chi connectivity index (χ4n) is 5.91. The summed E-state index contributed by atoms with van der Waals surface area (Å²) in [5.74, 6) is -5.13. The molecule has 2 N–H and O–H groups in total. The van der Waals surface area contributed by atoms with E-state index >= 15 is 0 Å². The number of aromatic hydroxyl groups is 1. The maximum Gasteiger partial charge on any atom is 0.347 e. The van der Waals surface area contributed by atoms with Gasteiger partial charge >= 0.3 is 23.9 Å². The van der Waals surface area contributed by atoms with Crippen LogP contribution in [0, 0.1) is 68.2 Å². The average molecular weight is 705 g/mol. The second-order valence-electron chi connectivity index (χ2n) is 12.1. The fraction of sp³-hybridized carbons (Fsp3) is 0.289. The van der Waals surface area contributed by atoms with Crippen LogP contribution in [-0.4, -0.2) is 47.0 Å². The van der Waals surface area contributed by atoms with Gasteiger partial charge in [0.2, 0.25) is 0 Å². The predicted octanol–water partition coefficient (Wildman–Crippen LogP) is 7.15. The third-order valence-electron chi connectivity index (χ3n) is 9.20. The van der Waals surface area contributed by atoms with Gasteiger partial charge < -0.3 is 29.2 Å². The van der Waals surface area contributed by atoms with Gasteiger partial charge in [-0.25, -0.2) is 14.4 Å². The fourth-order valence-corrected chi connectivity index (χ4v) is 6.18. The molecule has 50 heavy (non-hydrogen) atoms. The third kappa shape index (κ3) is 6.60. The molecule has 1 aliphatic carbocycles. The maximum atomic E-state index is 13.6. The average Bonchev–Trinajstić information content (AvgIpc) is 3.05. The lowest BCUT2D eigenvalue weighted by Crippen LogP contribution is -2.25. The molecule has 0 saturated heterocycles. The second kappa shape index (κ2) is 14.2. The zero-order chi connectivity index (χ0) is 37.5. The summed E-state index contributed by atoms with van der Waals surface area (Å²) in [4.78, 5) is 63.7. The molecule has 3 aromatic rings. The highest BCUT2D eigenvalue weighted by molar-refractivity contribution is 6.33. The van der Waals surface area contributed by atoms with Crippen LogP contribution in [0.1, 0.15) is 81.1 Å². The number of hydrogen-bond donors (Lipinski definition) is 2. The number of carboxylic acid groups (broad SMARTS) is 1. The number of halogens is 1. The van der Waals surface area contributed by atoms with Crippen LogP contribution in [-0.2, 0) is 14.3 Å². The Morgan fingerprint density at radius 1 is 0.700 bits per heavy atom. The zero-order valence-corrected chi connectivity index (χ0v) is 30.1. The lowest BCUT2D eigenvalue weighted by atomic mass is 9.93. The topological polar surface area (TPSA) is 163 Å². The Morgan fingerprint density at radius 2 is 1.26 bits per heavy atom. The highest BCUT2D eigenvalue weighted by atomic mass is 35.5. The van der Waals surface area contributed by atoms with Crippen LogP contribution >= 0.6 is 11.6 Å². The number of ether oxygens (including phenoxy) is 4. The standard InChI is InChI=1S/C38H37ClO11/c1-15-13-26(16(2)17(3)28(15)37(45)49-33-20(6)18(4)29(35(42)43)19(5)21(33)7)48-38(46)30-22(8)31(39)34(23(9)32(30)41)50-36(44)25-12-11-24(40)14-27(25)47-10/h11-14,25,41H,1-10H3,(H,42,43). The molecule has 0 bridgehead atoms. The van der Waals surface area contributed by atoms with Gasteiger partial charge in [-0.3, -0.25) is 9.59 Å². The summed E-state index contributed by atoms with van der Waals surface area (Å²) in [5.41, 5.74) is 3.63. The molecule has 0 aromatic heterocycles. The quantitative estimate of drug-likeness (QED) is 0.181. The van der Waals surface area contributed by atoms with Crippen LogP contribution in [0.15, 0.2) is 30.1 Å². The van der Waals surface area contributed by atoms with E-state index in [2.05, 4.69) is 0 Å². The predicted molar refractivity (Wildman–Crippen MR) is 184 cm³/mol. The molecule has 0 spiro atoms. The minimum absolute atomic E-state index is 0.00524. The number of aryl methyl sites for hydroxylation is 1. The number of allylic oxidation sites excluding steroid dienone is 2. The van der Waals surface area contributed by atoms with Crippen molar-refractivity contribution in [2.24, 2.45) is 5.92 Å². The van der Waals surface area contributed by atoms with E-state index in [1.807, 2.05) is 0 Å². The van der Waals surface area contributed by atoms with Crippen LogP contribution in [0.5, 0.6) is 23.0 Å². The summed E-state index contributed by atoms with van der Waals surface area (Å²) in [6.07, 6.45) is 3.69. The van der Waals surface area contributed by atoms with Crippen molar-refractivity contribution in [2.75, 3.05) is 7.11 Å². The highest BCUT2D eigenvalue weighted by Crippen LogP contribution is 2.42. The molecule has 3 aromatic carbocycles. The minimum Gasteiger partial charge on any atom is -0.507 e. The molecule has 262 valence electrons. The van der Waals surface area contributed by atoms with Gasteiger partial charge in [0.1, 0.15) is 34.5 Å². The molecule has 0 fully saturated rings. The van der Waals surface area contributed by atoms with E-state index in [1.165, 1.54) is 39.2 Å². The smallest absolute Gasteiger partial charge is 0.347 e. The minimum atomic E-state index is -1.07. The van der Waals surface area contributed by atoms with E-state index in [4.69, 9.17) is 30.5 Å². The lowest BCUT2D eigenvalue weighted by molar-refractivity contribution is -0.137. The summed E-state index contributed by atoms with van der Waals surface area (Å²) in [6, 6.07) is 1.50. The van der Waals surface area contributed by atoms with Crippen LogP contribution < -0.4 is 14.2 Å². The molecular formula is C38H37ClO11. The normalized spacial score (nSPS) is 13.9. The van der Waals surface area contributed by atoms with Gasteiger partial charge in [-0.05, 0) is 119 Å². The number of methoxy groups -OCH3 is 1. The summed E-state index contributed by atoms with van der Waals surface area (Å²) in [7, 11) is 1.31. The van der Waals surface area contributed by atoms with Crippen molar-refractivity contribution in [1.29, 1.82) is 0 Å². The zero-order valence-electron chi connectivity index (χ0n) is 29.3. The summed E-state index contributed by atoms with van der Waals surface area (Å²) >= 11 is 6.57. The first-order valence-electron chi connectivity index (χ1n) is 15.4. The van der Waals surface area contributed by atoms with E-state index in [0.717, 1.165) is 6.08 Å². The summed E-state index contributed by atoms with van der Waals surface area (Å²) < 4.78 is 22.3. The Morgan fingerprint density at radius 3 is 1.82 bits per heavy atom. The Balaban J connectivity index is 1.64. The van der Waals surface area contributed by atoms with Crippen molar-refractivity contribution >= 4 is 41.3 Å². The number of carbonyl (C=O) groups is 5. The number of carboxylic acids is 1. The lowest BCUT2D eigenvalue weighted by Gasteiger charge is -2.21. The van der Waals surface area contributed by atoms with Crippen molar-refractivity contribution in [3.05, 3.63) is 102 Å². The van der Waals surface area contributed by atoms with E-state index in [0.29, 0.717) is 38.9 Å². The van der Waals surface area contributed by atoms with Crippen molar-refractivity contribution in [3.8, 4) is 23.0 Å². The molecule has 0 amide bonds. The van der Waals surface area contributed by atoms with Crippen molar-refractivity contribution in [2.45, 2.75) is 62.3 Å². The van der Waals surface area contributed by atoms with Gasteiger partial charge in [0, 0.05) is 11.6 Å². The molecule has 1 atom stereocenters. The van der Waals surface area contributed by atoms with Crippen LogP contribution in [0.3, 0.4) is 0 Å². The molecule has 11 nitrogen and oxygen atoms in total. The molecule has 1 aliphatic rings. The van der Waals surface area contributed by atoms with E-state index < -0.39 is 35.5 Å². The number of esters is 3. The highest BCUT2D eigenvalue weighted by Gasteiger charge is 2.32. The first-order valence-corrected chi connectivity index (χ1v) is 15.8. The number of benzene rings is 3. The second-order valence-corrected chi connectivity index (χ2v) is 12.5. The van der Waals surface area contributed by atoms with Gasteiger partial charge in [0.05, 0.1) is 23.3 Å². The van der Waals surface area contributed by atoms with E-state index in [1.54, 1.807) is 48.5 Å². The molecule has 1 unspecified atom stereocenters. The number of phenols is 1. The molecule has 4 rings (SSSR count). The molecule has 0 saturated carbocycles. The van der Waals surface area contributed by atoms with Crippen molar-refractivity contribution < 1.29 is 53.1 Å². The first-order chi connectivity index (χ1) is 23.3. The Hall–Kier alpha value is -5.42.